The van der Waals surface area contributed by atoms with E-state index in [0.717, 1.165) is 17.0 Å². The number of benzene rings is 2. The molecule has 1 aromatic heterocycles. The largest absolute Gasteiger partial charge is 0.356 e. The summed E-state index contributed by atoms with van der Waals surface area (Å²) in [6.45, 7) is 4.06. The monoisotopic (exact) mass is 223 g/mol. The Morgan fingerprint density at radius 2 is 1.71 bits per heavy atom. The van der Waals surface area contributed by atoms with E-state index < -0.39 is 0 Å². The lowest BCUT2D eigenvalue weighted by Crippen LogP contribution is -1.82. The zero-order valence-corrected chi connectivity index (χ0v) is 9.90. The molecule has 0 amide bonds. The standard InChI is InChI=1S/C15H13NO/c1-10-7-8-14(15-9-11(2)16-17-15)13-6-4-3-5-12(10)13/h3-9H,1-2H3. The highest BCUT2D eigenvalue weighted by Gasteiger charge is 2.09. The summed E-state index contributed by atoms with van der Waals surface area (Å²) in [6.07, 6.45) is 0. The van der Waals surface area contributed by atoms with Crippen LogP contribution in [-0.2, 0) is 0 Å². The first-order valence-electron chi connectivity index (χ1n) is 5.68. The molecule has 0 aliphatic carbocycles. The van der Waals surface area contributed by atoms with Gasteiger partial charge >= 0.3 is 0 Å². The lowest BCUT2D eigenvalue weighted by atomic mass is 9.99. The molecule has 0 bridgehead atoms. The van der Waals surface area contributed by atoms with Crippen LogP contribution in [0.5, 0.6) is 0 Å². The number of hydrogen-bond donors (Lipinski definition) is 0. The average molecular weight is 223 g/mol. The summed E-state index contributed by atoms with van der Waals surface area (Å²) in [5, 5.41) is 6.42. The molecule has 0 saturated heterocycles. The zero-order chi connectivity index (χ0) is 11.8. The van der Waals surface area contributed by atoms with Gasteiger partial charge in [-0.05, 0) is 30.2 Å². The highest BCUT2D eigenvalue weighted by Crippen LogP contribution is 2.30. The van der Waals surface area contributed by atoms with Gasteiger partial charge in [-0.1, -0.05) is 41.6 Å². The molecule has 0 radical (unpaired) electrons. The first-order valence-corrected chi connectivity index (χ1v) is 5.68. The maximum Gasteiger partial charge on any atom is 0.167 e. The Balaban J connectivity index is 2.34. The molecular formula is C15H13NO. The Hall–Kier alpha value is -2.09. The van der Waals surface area contributed by atoms with Crippen LogP contribution in [0.2, 0.25) is 0 Å². The molecule has 0 N–H and O–H groups in total. The van der Waals surface area contributed by atoms with Gasteiger partial charge in [-0.25, -0.2) is 0 Å². The zero-order valence-electron chi connectivity index (χ0n) is 9.90. The van der Waals surface area contributed by atoms with Gasteiger partial charge in [0.1, 0.15) is 0 Å². The van der Waals surface area contributed by atoms with Crippen molar-refractivity contribution in [2.45, 2.75) is 13.8 Å². The Kier molecular flexibility index (Phi) is 2.22. The summed E-state index contributed by atoms with van der Waals surface area (Å²) >= 11 is 0. The molecule has 0 aliphatic heterocycles. The van der Waals surface area contributed by atoms with Gasteiger partial charge in [-0.15, -0.1) is 0 Å². The molecule has 17 heavy (non-hydrogen) atoms. The van der Waals surface area contributed by atoms with Crippen LogP contribution in [0.15, 0.2) is 47.0 Å². The number of rotatable bonds is 1. The second-order valence-corrected chi connectivity index (χ2v) is 4.31. The number of nitrogens with zero attached hydrogens (tertiary/aromatic N) is 1. The molecular weight excluding hydrogens is 210 g/mol. The van der Waals surface area contributed by atoms with E-state index >= 15 is 0 Å². The highest BCUT2D eigenvalue weighted by molar-refractivity contribution is 5.97. The number of aromatic nitrogens is 1. The predicted molar refractivity (Wildman–Crippen MR) is 68.9 cm³/mol. The van der Waals surface area contributed by atoms with Crippen LogP contribution < -0.4 is 0 Å². The minimum Gasteiger partial charge on any atom is -0.356 e. The Bertz CT molecular complexity index is 682. The van der Waals surface area contributed by atoms with Crippen molar-refractivity contribution in [1.82, 2.24) is 5.16 Å². The van der Waals surface area contributed by atoms with Crippen LogP contribution in [0, 0.1) is 13.8 Å². The topological polar surface area (TPSA) is 26.0 Å². The highest BCUT2D eigenvalue weighted by atomic mass is 16.5. The summed E-state index contributed by atoms with van der Waals surface area (Å²) in [4.78, 5) is 0. The molecule has 3 aromatic rings. The molecule has 0 fully saturated rings. The molecule has 3 rings (SSSR count). The van der Waals surface area contributed by atoms with Crippen LogP contribution >= 0.6 is 0 Å². The fourth-order valence-electron chi connectivity index (χ4n) is 2.16. The van der Waals surface area contributed by atoms with E-state index in [1.165, 1.54) is 16.3 Å². The third-order valence-electron chi connectivity index (χ3n) is 3.04. The van der Waals surface area contributed by atoms with Crippen LogP contribution in [0.3, 0.4) is 0 Å². The lowest BCUT2D eigenvalue weighted by Gasteiger charge is -2.05. The van der Waals surface area contributed by atoms with Crippen molar-refractivity contribution < 1.29 is 4.52 Å². The lowest BCUT2D eigenvalue weighted by molar-refractivity contribution is 0.427. The van der Waals surface area contributed by atoms with E-state index in [1.807, 2.05) is 13.0 Å². The van der Waals surface area contributed by atoms with Gasteiger partial charge in [0.25, 0.3) is 0 Å². The van der Waals surface area contributed by atoms with Crippen molar-refractivity contribution in [3.05, 3.63) is 53.7 Å². The Morgan fingerprint density at radius 1 is 0.941 bits per heavy atom. The van der Waals surface area contributed by atoms with Crippen molar-refractivity contribution in [1.29, 1.82) is 0 Å². The van der Waals surface area contributed by atoms with Gasteiger partial charge in [-0.3, -0.25) is 0 Å². The minimum absolute atomic E-state index is 0.832. The van der Waals surface area contributed by atoms with Gasteiger partial charge in [-0.2, -0.15) is 0 Å². The smallest absolute Gasteiger partial charge is 0.167 e. The molecule has 2 nitrogen and oxygen atoms in total. The van der Waals surface area contributed by atoms with Crippen molar-refractivity contribution in [2.24, 2.45) is 0 Å². The molecule has 1 heterocycles. The fourth-order valence-corrected chi connectivity index (χ4v) is 2.16. The van der Waals surface area contributed by atoms with Crippen molar-refractivity contribution >= 4 is 10.8 Å². The van der Waals surface area contributed by atoms with Crippen molar-refractivity contribution in [3.8, 4) is 11.3 Å². The average Bonchev–Trinajstić information content (AvgIpc) is 2.77. The van der Waals surface area contributed by atoms with Crippen LogP contribution in [-0.4, -0.2) is 5.16 Å². The molecule has 0 atom stereocenters. The summed E-state index contributed by atoms with van der Waals surface area (Å²) in [6, 6.07) is 14.6. The van der Waals surface area contributed by atoms with Gasteiger partial charge < -0.3 is 4.52 Å². The molecule has 0 unspecified atom stereocenters. The van der Waals surface area contributed by atoms with Crippen LogP contribution in [0.4, 0.5) is 0 Å². The van der Waals surface area contributed by atoms with Gasteiger partial charge in [0.15, 0.2) is 5.76 Å². The summed E-state index contributed by atoms with van der Waals surface area (Å²) in [5.41, 5.74) is 3.29. The fraction of sp³-hybridized carbons (Fsp3) is 0.133. The van der Waals surface area contributed by atoms with E-state index in [2.05, 4.69) is 48.5 Å². The molecule has 2 aromatic carbocycles. The molecule has 84 valence electrons. The summed E-state index contributed by atoms with van der Waals surface area (Å²) in [7, 11) is 0. The summed E-state index contributed by atoms with van der Waals surface area (Å²) in [5.74, 6) is 0.832. The Morgan fingerprint density at radius 3 is 2.41 bits per heavy atom. The Labute approximate surface area is 99.9 Å². The van der Waals surface area contributed by atoms with Gasteiger partial charge in [0.05, 0.1) is 5.69 Å². The number of hydrogen-bond acceptors (Lipinski definition) is 2. The number of aryl methyl sites for hydroxylation is 2. The molecule has 0 spiro atoms. The maximum absolute atomic E-state index is 5.35. The van der Waals surface area contributed by atoms with Gasteiger partial charge in [0.2, 0.25) is 0 Å². The maximum atomic E-state index is 5.35. The molecule has 2 heteroatoms. The van der Waals surface area contributed by atoms with Crippen molar-refractivity contribution in [2.75, 3.05) is 0 Å². The van der Waals surface area contributed by atoms with E-state index in [9.17, 15) is 0 Å². The van der Waals surface area contributed by atoms with Gasteiger partial charge in [0, 0.05) is 11.6 Å². The second kappa shape index (κ2) is 3.74. The van der Waals surface area contributed by atoms with E-state index in [1.54, 1.807) is 0 Å². The van der Waals surface area contributed by atoms with Crippen LogP contribution in [0.1, 0.15) is 11.3 Å². The minimum atomic E-state index is 0.832. The predicted octanol–water partition coefficient (Wildman–Crippen LogP) is 4.11. The number of fused-ring (bicyclic) bond motifs is 1. The van der Waals surface area contributed by atoms with Crippen LogP contribution in [0.25, 0.3) is 22.1 Å². The molecule has 0 aliphatic rings. The quantitative estimate of drug-likeness (QED) is 0.620. The SMILES string of the molecule is Cc1cc(-c2ccc(C)c3ccccc23)on1. The van der Waals surface area contributed by atoms with E-state index in [-0.39, 0.29) is 0 Å². The van der Waals surface area contributed by atoms with E-state index in [4.69, 9.17) is 4.52 Å². The normalized spacial score (nSPS) is 10.9. The molecule has 0 saturated carbocycles. The second-order valence-electron chi connectivity index (χ2n) is 4.31. The first kappa shape index (κ1) is 10.1. The third-order valence-corrected chi connectivity index (χ3v) is 3.04. The summed E-state index contributed by atoms with van der Waals surface area (Å²) < 4.78 is 5.35. The first-order chi connectivity index (χ1) is 8.25. The van der Waals surface area contributed by atoms with Crippen molar-refractivity contribution in [3.63, 3.8) is 0 Å². The third kappa shape index (κ3) is 1.62. The van der Waals surface area contributed by atoms with E-state index in [0.29, 0.717) is 0 Å².